The summed E-state index contributed by atoms with van der Waals surface area (Å²) in [6.45, 7) is 10.3. The lowest BCUT2D eigenvalue weighted by atomic mass is 10.2. The summed E-state index contributed by atoms with van der Waals surface area (Å²) in [6.07, 6.45) is 3.59. The third kappa shape index (κ3) is 4.36. The zero-order chi connectivity index (χ0) is 21.8. The monoisotopic (exact) mass is 432 g/mol. The van der Waals surface area contributed by atoms with Crippen molar-refractivity contribution in [2.45, 2.75) is 13.8 Å². The van der Waals surface area contributed by atoms with Gasteiger partial charge in [0.1, 0.15) is 12.4 Å². The van der Waals surface area contributed by atoms with Gasteiger partial charge in [-0.1, -0.05) is 36.1 Å². The first-order valence-corrected chi connectivity index (χ1v) is 11.0. The molecule has 0 amide bonds. The number of ether oxygens (including phenoxy) is 1. The zero-order valence-corrected chi connectivity index (χ0v) is 18.4. The molecule has 0 fully saturated rings. The number of hydrogen-bond acceptors (Lipinski definition) is 6. The molecule has 0 bridgehead atoms. The molecule has 2 aromatic heterocycles. The average Bonchev–Trinajstić information content (AvgIpc) is 3.34. The van der Waals surface area contributed by atoms with Gasteiger partial charge in [0.2, 0.25) is 4.96 Å². The lowest BCUT2D eigenvalue weighted by molar-refractivity contribution is 0.363. The molecule has 0 spiro atoms. The molecule has 4 aromatic rings. The molecule has 158 valence electrons. The van der Waals surface area contributed by atoms with Crippen LogP contribution in [0.2, 0.25) is 0 Å². The van der Waals surface area contributed by atoms with Crippen molar-refractivity contribution >= 4 is 28.1 Å². The first kappa shape index (κ1) is 20.8. The molecule has 0 N–H and O–H groups in total. The van der Waals surface area contributed by atoms with E-state index in [0.29, 0.717) is 21.9 Å². The molecular formula is C24H24N4O2S. The van der Waals surface area contributed by atoms with E-state index in [4.69, 9.17) is 4.74 Å². The predicted molar refractivity (Wildman–Crippen MR) is 127 cm³/mol. The van der Waals surface area contributed by atoms with E-state index in [2.05, 4.69) is 47.5 Å². The second kappa shape index (κ2) is 9.14. The number of thiazole rings is 1. The maximum atomic E-state index is 12.8. The molecule has 0 radical (unpaired) electrons. The summed E-state index contributed by atoms with van der Waals surface area (Å²) in [5.41, 5.74) is 2.84. The van der Waals surface area contributed by atoms with Crippen LogP contribution >= 0.6 is 11.3 Å². The molecule has 0 aliphatic heterocycles. The van der Waals surface area contributed by atoms with Crippen LogP contribution in [0.5, 0.6) is 5.75 Å². The number of hydrogen-bond donors (Lipinski definition) is 0. The van der Waals surface area contributed by atoms with Crippen LogP contribution in [0.3, 0.4) is 0 Å². The molecule has 31 heavy (non-hydrogen) atoms. The Kier molecular flexibility index (Phi) is 6.13. The largest absolute Gasteiger partial charge is 0.490 e. The van der Waals surface area contributed by atoms with E-state index in [1.165, 1.54) is 21.5 Å². The third-order valence-electron chi connectivity index (χ3n) is 4.98. The molecule has 0 saturated carbocycles. The van der Waals surface area contributed by atoms with E-state index < -0.39 is 0 Å². The van der Waals surface area contributed by atoms with Crippen molar-refractivity contribution in [1.82, 2.24) is 14.6 Å². The first-order valence-electron chi connectivity index (χ1n) is 10.2. The summed E-state index contributed by atoms with van der Waals surface area (Å²) in [7, 11) is 0. The Morgan fingerprint density at radius 3 is 2.42 bits per heavy atom. The van der Waals surface area contributed by atoms with Crippen LogP contribution in [0.25, 0.3) is 22.4 Å². The summed E-state index contributed by atoms with van der Waals surface area (Å²) in [5.74, 6) is 1.27. The van der Waals surface area contributed by atoms with Crippen LogP contribution < -0.4 is 19.7 Å². The number of nitrogens with zero attached hydrogens (tertiary/aromatic N) is 4. The predicted octanol–water partition coefficient (Wildman–Crippen LogP) is 3.78. The number of benzene rings is 2. The fourth-order valence-corrected chi connectivity index (χ4v) is 4.24. The van der Waals surface area contributed by atoms with Gasteiger partial charge in [-0.2, -0.15) is 9.50 Å². The number of anilines is 1. The highest BCUT2D eigenvalue weighted by Crippen LogP contribution is 2.20. The minimum Gasteiger partial charge on any atom is -0.490 e. The van der Waals surface area contributed by atoms with Crippen molar-refractivity contribution in [3.63, 3.8) is 0 Å². The van der Waals surface area contributed by atoms with Gasteiger partial charge in [-0.05, 0) is 61.9 Å². The van der Waals surface area contributed by atoms with Gasteiger partial charge in [-0.3, -0.25) is 4.79 Å². The van der Waals surface area contributed by atoms with E-state index >= 15 is 0 Å². The summed E-state index contributed by atoms with van der Waals surface area (Å²) in [5, 5.41) is 4.42. The second-order valence-corrected chi connectivity index (χ2v) is 7.94. The Hall–Kier alpha value is -3.45. The Labute approximate surface area is 184 Å². The fourth-order valence-electron chi connectivity index (χ4n) is 3.33. The summed E-state index contributed by atoms with van der Waals surface area (Å²) < 4.78 is 7.48. The lowest BCUT2D eigenvalue weighted by Gasteiger charge is -2.20. The van der Waals surface area contributed by atoms with Crippen molar-refractivity contribution in [3.8, 4) is 17.1 Å². The Bertz CT molecular complexity index is 1290. The highest BCUT2D eigenvalue weighted by atomic mass is 32.1. The van der Waals surface area contributed by atoms with Crippen LogP contribution in [0, 0.1) is 0 Å². The van der Waals surface area contributed by atoms with Crippen molar-refractivity contribution in [3.05, 3.63) is 81.6 Å². The molecular weight excluding hydrogens is 408 g/mol. The second-order valence-electron chi connectivity index (χ2n) is 6.93. The topological polar surface area (TPSA) is 59.7 Å². The van der Waals surface area contributed by atoms with Crippen LogP contribution in [-0.2, 0) is 0 Å². The molecule has 0 unspecified atom stereocenters. The van der Waals surface area contributed by atoms with Gasteiger partial charge < -0.3 is 9.64 Å². The molecule has 2 aromatic carbocycles. The Morgan fingerprint density at radius 1 is 1.10 bits per heavy atom. The quantitative estimate of drug-likeness (QED) is 0.397. The summed E-state index contributed by atoms with van der Waals surface area (Å²) >= 11 is 1.34. The smallest absolute Gasteiger partial charge is 0.291 e. The standard InChI is InChI=1S/C24H24N4O2S/c1-4-15-30-20-13-9-18(10-14-20)22-25-24-28(26-22)23(29)21(31-24)16-17-7-11-19(12-8-17)27(5-2)6-3/h4,7-14,16H,1,5-6,15H2,2-3H3. The lowest BCUT2D eigenvalue weighted by Crippen LogP contribution is -2.23. The van der Waals surface area contributed by atoms with Crippen LogP contribution in [0.1, 0.15) is 19.4 Å². The molecule has 0 aliphatic rings. The van der Waals surface area contributed by atoms with E-state index in [1.54, 1.807) is 6.08 Å². The average molecular weight is 433 g/mol. The molecule has 0 atom stereocenters. The van der Waals surface area contributed by atoms with E-state index in [9.17, 15) is 4.79 Å². The normalized spacial score (nSPS) is 11.7. The van der Waals surface area contributed by atoms with Crippen molar-refractivity contribution in [2.75, 3.05) is 24.6 Å². The van der Waals surface area contributed by atoms with Gasteiger partial charge in [0.05, 0.1) is 4.53 Å². The van der Waals surface area contributed by atoms with Crippen LogP contribution in [0.15, 0.2) is 66.0 Å². The molecule has 0 aliphatic carbocycles. The first-order chi connectivity index (χ1) is 15.1. The fraction of sp³-hybridized carbons (Fsp3) is 0.208. The van der Waals surface area contributed by atoms with Crippen molar-refractivity contribution < 1.29 is 4.74 Å². The summed E-state index contributed by atoms with van der Waals surface area (Å²) in [6, 6.07) is 15.7. The van der Waals surface area contributed by atoms with E-state index in [1.807, 2.05) is 42.5 Å². The molecule has 0 saturated heterocycles. The maximum Gasteiger partial charge on any atom is 0.291 e. The molecule has 2 heterocycles. The van der Waals surface area contributed by atoms with E-state index in [0.717, 1.165) is 30.0 Å². The van der Waals surface area contributed by atoms with Crippen molar-refractivity contribution in [2.24, 2.45) is 0 Å². The van der Waals surface area contributed by atoms with Gasteiger partial charge >= 0.3 is 0 Å². The number of rotatable bonds is 8. The molecule has 6 nitrogen and oxygen atoms in total. The highest BCUT2D eigenvalue weighted by molar-refractivity contribution is 7.15. The Morgan fingerprint density at radius 2 is 1.81 bits per heavy atom. The minimum absolute atomic E-state index is 0.155. The molecule has 4 rings (SSSR count). The van der Waals surface area contributed by atoms with E-state index in [-0.39, 0.29) is 5.56 Å². The highest BCUT2D eigenvalue weighted by Gasteiger charge is 2.12. The number of fused-ring (bicyclic) bond motifs is 1. The van der Waals surface area contributed by atoms with Gasteiger partial charge in [0.15, 0.2) is 5.82 Å². The van der Waals surface area contributed by atoms with Gasteiger partial charge in [-0.15, -0.1) is 5.10 Å². The SMILES string of the molecule is C=CCOc1ccc(-c2nc3sc(=Cc4ccc(N(CC)CC)cc4)c(=O)n3n2)cc1. The van der Waals surface area contributed by atoms with Gasteiger partial charge in [0, 0.05) is 24.3 Å². The number of aromatic nitrogens is 3. The maximum absolute atomic E-state index is 12.8. The van der Waals surface area contributed by atoms with Crippen LogP contribution in [-0.4, -0.2) is 34.3 Å². The van der Waals surface area contributed by atoms with Crippen molar-refractivity contribution in [1.29, 1.82) is 0 Å². The zero-order valence-electron chi connectivity index (χ0n) is 17.6. The van der Waals surface area contributed by atoms with Gasteiger partial charge in [0.25, 0.3) is 5.56 Å². The third-order valence-corrected chi connectivity index (χ3v) is 5.94. The summed E-state index contributed by atoms with van der Waals surface area (Å²) in [4.78, 5) is 20.2. The van der Waals surface area contributed by atoms with Gasteiger partial charge in [-0.25, -0.2) is 0 Å². The van der Waals surface area contributed by atoms with Crippen LogP contribution in [0.4, 0.5) is 5.69 Å². The minimum atomic E-state index is -0.155. The molecule has 7 heteroatoms. The Balaban J connectivity index is 1.60.